The molecule has 1 N–H and O–H groups in total. The molecule has 1 aromatic rings. The second-order valence-electron chi connectivity index (χ2n) is 9.72. The van der Waals surface area contributed by atoms with Gasteiger partial charge in [-0.3, -0.25) is 4.79 Å². The number of fused-ring (bicyclic) bond motifs is 4. The van der Waals surface area contributed by atoms with Gasteiger partial charge in [0.25, 0.3) is 0 Å². The van der Waals surface area contributed by atoms with Crippen LogP contribution in [0, 0.1) is 11.8 Å². The highest BCUT2D eigenvalue weighted by atomic mass is 16.1. The molecule has 3 aliphatic carbocycles. The monoisotopic (exact) mass is 366 g/mol. The molecule has 1 aromatic carbocycles. The minimum atomic E-state index is 0.216. The summed E-state index contributed by atoms with van der Waals surface area (Å²) >= 11 is 0. The first-order chi connectivity index (χ1) is 13.2. The van der Waals surface area contributed by atoms with Gasteiger partial charge in [-0.05, 0) is 81.0 Å². The fourth-order valence-corrected chi connectivity index (χ4v) is 6.93. The van der Waals surface area contributed by atoms with Gasteiger partial charge < -0.3 is 10.2 Å². The van der Waals surface area contributed by atoms with Crippen LogP contribution in [0.1, 0.15) is 81.9 Å². The van der Waals surface area contributed by atoms with Gasteiger partial charge in [-0.2, -0.15) is 0 Å². The fraction of sp³-hybridized carbons (Fsp3) is 0.708. The number of benzene rings is 1. The van der Waals surface area contributed by atoms with Gasteiger partial charge in [-0.25, -0.2) is 0 Å². The molecule has 3 fully saturated rings. The Hall–Kier alpha value is -1.35. The Morgan fingerprint density at radius 1 is 1.19 bits per heavy atom. The second-order valence-corrected chi connectivity index (χ2v) is 9.72. The van der Waals surface area contributed by atoms with E-state index in [4.69, 9.17) is 0 Å². The van der Waals surface area contributed by atoms with Crippen LogP contribution in [0.15, 0.2) is 24.3 Å². The highest BCUT2D eigenvalue weighted by Gasteiger charge is 2.48. The first-order valence-corrected chi connectivity index (χ1v) is 11.3. The first kappa shape index (κ1) is 17.7. The van der Waals surface area contributed by atoms with E-state index in [0.29, 0.717) is 6.42 Å². The highest BCUT2D eigenvalue weighted by Crippen LogP contribution is 2.53. The van der Waals surface area contributed by atoms with E-state index in [1.165, 1.54) is 62.7 Å². The number of hydrogen-bond acceptors (Lipinski definition) is 2. The third-order valence-electron chi connectivity index (χ3n) is 8.24. The molecule has 2 bridgehead atoms. The molecule has 1 saturated heterocycles. The molecule has 1 amide bonds. The van der Waals surface area contributed by atoms with Crippen molar-refractivity contribution < 1.29 is 4.79 Å². The van der Waals surface area contributed by atoms with Gasteiger partial charge in [-0.15, -0.1) is 0 Å². The van der Waals surface area contributed by atoms with Gasteiger partial charge in [0.2, 0.25) is 5.91 Å². The third kappa shape index (κ3) is 3.03. The van der Waals surface area contributed by atoms with Gasteiger partial charge >= 0.3 is 0 Å². The van der Waals surface area contributed by atoms with Gasteiger partial charge in [-0.1, -0.05) is 37.6 Å². The summed E-state index contributed by atoms with van der Waals surface area (Å²) in [6.07, 6.45) is 11.1. The highest BCUT2D eigenvalue weighted by molar-refractivity contribution is 5.76. The quantitative estimate of drug-likeness (QED) is 0.846. The lowest BCUT2D eigenvalue weighted by molar-refractivity contribution is -0.121. The van der Waals surface area contributed by atoms with E-state index in [1.807, 2.05) is 0 Å². The lowest BCUT2D eigenvalue weighted by Gasteiger charge is -2.44. The van der Waals surface area contributed by atoms with Gasteiger partial charge in [0.1, 0.15) is 0 Å². The van der Waals surface area contributed by atoms with Crippen molar-refractivity contribution in [2.45, 2.75) is 82.2 Å². The molecule has 146 valence electrons. The van der Waals surface area contributed by atoms with Crippen molar-refractivity contribution in [3.63, 3.8) is 0 Å². The lowest BCUT2D eigenvalue weighted by Crippen LogP contribution is -2.48. The van der Waals surface area contributed by atoms with Crippen molar-refractivity contribution in [3.05, 3.63) is 35.4 Å². The van der Waals surface area contributed by atoms with Gasteiger partial charge in [0.05, 0.1) is 6.04 Å². The Balaban J connectivity index is 1.31. The molecular formula is C24H34N2O. The van der Waals surface area contributed by atoms with Gasteiger partial charge in [0.15, 0.2) is 0 Å². The Morgan fingerprint density at radius 3 is 2.70 bits per heavy atom. The SMILES string of the molecule is CCCC(=O)N[C@H]1CC2(CCN([C@@H]3CC4CC[C@@H]3C4)CC2)c2ccccc21. The van der Waals surface area contributed by atoms with Crippen LogP contribution in [0.4, 0.5) is 0 Å². The molecule has 3 heteroatoms. The molecule has 1 heterocycles. The molecule has 27 heavy (non-hydrogen) atoms. The Bertz CT molecular complexity index is 706. The molecule has 3 nitrogen and oxygen atoms in total. The van der Waals surface area contributed by atoms with E-state index >= 15 is 0 Å². The topological polar surface area (TPSA) is 32.3 Å². The van der Waals surface area contributed by atoms with E-state index in [-0.39, 0.29) is 17.4 Å². The molecule has 5 rings (SSSR count). The summed E-state index contributed by atoms with van der Waals surface area (Å²) in [7, 11) is 0. The summed E-state index contributed by atoms with van der Waals surface area (Å²) < 4.78 is 0. The van der Waals surface area contributed by atoms with E-state index < -0.39 is 0 Å². The number of nitrogens with one attached hydrogen (secondary N) is 1. The number of hydrogen-bond donors (Lipinski definition) is 1. The Kier molecular flexibility index (Phi) is 4.54. The van der Waals surface area contributed by atoms with Crippen molar-refractivity contribution >= 4 is 5.91 Å². The predicted octanol–water partition coefficient (Wildman–Crippen LogP) is 4.57. The van der Waals surface area contributed by atoms with Crippen molar-refractivity contribution in [2.24, 2.45) is 11.8 Å². The number of rotatable bonds is 4. The third-order valence-corrected chi connectivity index (χ3v) is 8.24. The smallest absolute Gasteiger partial charge is 0.220 e. The molecular weight excluding hydrogens is 332 g/mol. The summed E-state index contributed by atoms with van der Waals surface area (Å²) in [6.45, 7) is 4.57. The minimum absolute atomic E-state index is 0.216. The van der Waals surface area contributed by atoms with Crippen LogP contribution in [-0.4, -0.2) is 29.9 Å². The normalized spacial score (nSPS) is 34.1. The maximum absolute atomic E-state index is 12.3. The molecule has 4 atom stereocenters. The lowest BCUT2D eigenvalue weighted by atomic mass is 9.73. The first-order valence-electron chi connectivity index (χ1n) is 11.3. The van der Waals surface area contributed by atoms with Crippen LogP contribution in [0.5, 0.6) is 0 Å². The average Bonchev–Trinajstić information content (AvgIpc) is 3.38. The molecule has 1 unspecified atom stereocenters. The van der Waals surface area contributed by atoms with Crippen LogP contribution in [0.25, 0.3) is 0 Å². The summed E-state index contributed by atoms with van der Waals surface area (Å²) in [6, 6.07) is 10.0. The number of piperidine rings is 1. The number of likely N-dealkylation sites (tertiary alicyclic amines) is 1. The maximum atomic E-state index is 12.3. The molecule has 0 radical (unpaired) electrons. The van der Waals surface area contributed by atoms with Crippen molar-refractivity contribution in [1.29, 1.82) is 0 Å². The second kappa shape index (κ2) is 6.92. The number of amides is 1. The van der Waals surface area contributed by atoms with Crippen molar-refractivity contribution in [3.8, 4) is 0 Å². The fourth-order valence-electron chi connectivity index (χ4n) is 6.93. The molecule has 0 aromatic heterocycles. The molecule has 1 aliphatic heterocycles. The van der Waals surface area contributed by atoms with E-state index in [2.05, 4.69) is 41.4 Å². The zero-order valence-electron chi connectivity index (χ0n) is 16.8. The average molecular weight is 367 g/mol. The number of nitrogens with zero attached hydrogens (tertiary/aromatic N) is 1. The summed E-state index contributed by atoms with van der Waals surface area (Å²) in [5.74, 6) is 2.23. The van der Waals surface area contributed by atoms with Crippen LogP contribution in [0.3, 0.4) is 0 Å². The predicted molar refractivity (Wildman–Crippen MR) is 109 cm³/mol. The van der Waals surface area contributed by atoms with E-state index in [0.717, 1.165) is 30.7 Å². The molecule has 2 saturated carbocycles. The Morgan fingerprint density at radius 2 is 2.00 bits per heavy atom. The van der Waals surface area contributed by atoms with E-state index in [9.17, 15) is 4.79 Å². The summed E-state index contributed by atoms with van der Waals surface area (Å²) in [5.41, 5.74) is 3.20. The van der Waals surface area contributed by atoms with Crippen molar-refractivity contribution in [2.75, 3.05) is 13.1 Å². The van der Waals surface area contributed by atoms with Crippen LogP contribution in [-0.2, 0) is 10.2 Å². The zero-order valence-corrected chi connectivity index (χ0v) is 16.8. The van der Waals surface area contributed by atoms with Crippen molar-refractivity contribution in [1.82, 2.24) is 10.2 Å². The van der Waals surface area contributed by atoms with Crippen LogP contribution >= 0.6 is 0 Å². The number of carbonyl (C=O) groups is 1. The summed E-state index contributed by atoms with van der Waals surface area (Å²) in [4.78, 5) is 15.1. The maximum Gasteiger partial charge on any atom is 0.220 e. The van der Waals surface area contributed by atoms with Crippen LogP contribution < -0.4 is 5.32 Å². The Labute approximate surface area is 163 Å². The number of carbonyl (C=O) groups excluding carboxylic acids is 1. The standard InChI is InChI=1S/C24H34N2O/c1-2-5-23(27)25-21-16-24(20-7-4-3-6-19(20)21)10-12-26(13-11-24)22-15-17-8-9-18(22)14-17/h3-4,6-7,17-18,21-22H,2,5,8-16H2,1H3,(H,25,27)/t17?,18-,21+,22-/m1/s1. The molecule has 4 aliphatic rings. The van der Waals surface area contributed by atoms with Gasteiger partial charge in [0, 0.05) is 17.9 Å². The van der Waals surface area contributed by atoms with Crippen LogP contribution in [0.2, 0.25) is 0 Å². The van der Waals surface area contributed by atoms with E-state index in [1.54, 1.807) is 0 Å². The minimum Gasteiger partial charge on any atom is -0.349 e. The zero-order chi connectivity index (χ0) is 18.4. The largest absolute Gasteiger partial charge is 0.349 e. The summed E-state index contributed by atoms with van der Waals surface area (Å²) in [5, 5.41) is 3.34. The molecule has 1 spiro atoms.